The van der Waals surface area contributed by atoms with Gasteiger partial charge in [0, 0.05) is 18.7 Å². The monoisotopic (exact) mass is 196 g/mol. The standard InChI is InChI=1S/C7H13NO2.C3H3N/c1-4-7(9)10-6-5-8(2)3;1-2-3-4/h4H,1,5-6H2,2-3H3;2H,1H2. The van der Waals surface area contributed by atoms with Crippen LogP contribution in [0.5, 0.6) is 0 Å². The first-order valence-corrected chi connectivity index (χ1v) is 4.03. The second kappa shape index (κ2) is 11.4. The molecule has 0 rings (SSSR count). The van der Waals surface area contributed by atoms with Crippen molar-refractivity contribution in [3.8, 4) is 6.07 Å². The summed E-state index contributed by atoms with van der Waals surface area (Å²) in [6.45, 7) is 7.57. The summed E-state index contributed by atoms with van der Waals surface area (Å²) in [5.74, 6) is -0.359. The molecule has 0 aliphatic heterocycles. The molecule has 0 fully saturated rings. The fourth-order valence-corrected chi connectivity index (χ4v) is 0.388. The van der Waals surface area contributed by atoms with Gasteiger partial charge >= 0.3 is 5.97 Å². The molecule has 0 aliphatic carbocycles. The van der Waals surface area contributed by atoms with Crippen LogP contribution in [0.1, 0.15) is 0 Å². The molecule has 0 heterocycles. The van der Waals surface area contributed by atoms with Crippen molar-refractivity contribution in [3.05, 3.63) is 25.3 Å². The normalized spacial score (nSPS) is 7.86. The highest BCUT2D eigenvalue weighted by atomic mass is 16.5. The van der Waals surface area contributed by atoms with Crippen molar-refractivity contribution in [1.82, 2.24) is 4.90 Å². The van der Waals surface area contributed by atoms with Gasteiger partial charge in [-0.25, -0.2) is 4.79 Å². The van der Waals surface area contributed by atoms with Crippen molar-refractivity contribution in [1.29, 1.82) is 5.26 Å². The Morgan fingerprint density at radius 3 is 2.36 bits per heavy atom. The summed E-state index contributed by atoms with van der Waals surface area (Å²) in [6, 6.07) is 1.69. The fourth-order valence-electron chi connectivity index (χ4n) is 0.388. The third-order valence-corrected chi connectivity index (χ3v) is 1.04. The summed E-state index contributed by atoms with van der Waals surface area (Å²) in [4.78, 5) is 12.4. The zero-order valence-electron chi connectivity index (χ0n) is 8.69. The topological polar surface area (TPSA) is 53.3 Å². The Bertz CT molecular complexity index is 217. The maximum atomic E-state index is 10.4. The molecule has 0 bridgehead atoms. The van der Waals surface area contributed by atoms with Crippen LogP contribution in [0.25, 0.3) is 0 Å². The molecule has 4 nitrogen and oxygen atoms in total. The minimum absolute atomic E-state index is 0.359. The summed E-state index contributed by atoms with van der Waals surface area (Å²) in [5.41, 5.74) is 0. The Hall–Kier alpha value is -1.60. The lowest BCUT2D eigenvalue weighted by atomic mass is 10.6. The predicted molar refractivity (Wildman–Crippen MR) is 55.5 cm³/mol. The molecule has 0 N–H and O–H groups in total. The molecule has 0 unspecified atom stereocenters. The second-order valence-corrected chi connectivity index (χ2v) is 2.51. The molecule has 78 valence electrons. The Labute approximate surface area is 85.1 Å². The lowest BCUT2D eigenvalue weighted by molar-refractivity contribution is -0.137. The summed E-state index contributed by atoms with van der Waals surface area (Å²) in [7, 11) is 3.84. The molecule has 0 spiro atoms. The Kier molecular flexibility index (Phi) is 12.1. The van der Waals surface area contributed by atoms with Gasteiger partial charge in [0.2, 0.25) is 0 Å². The van der Waals surface area contributed by atoms with Crippen molar-refractivity contribution in [2.24, 2.45) is 0 Å². The number of carbonyl (C=O) groups excluding carboxylic acids is 1. The van der Waals surface area contributed by atoms with E-state index in [-0.39, 0.29) is 5.97 Å². The van der Waals surface area contributed by atoms with E-state index in [0.29, 0.717) is 6.61 Å². The molecule has 0 amide bonds. The fraction of sp³-hybridized carbons (Fsp3) is 0.400. The van der Waals surface area contributed by atoms with Gasteiger partial charge in [0.25, 0.3) is 0 Å². The molecule has 4 heteroatoms. The van der Waals surface area contributed by atoms with Crippen LogP contribution >= 0.6 is 0 Å². The van der Waals surface area contributed by atoms with E-state index in [0.717, 1.165) is 12.6 Å². The van der Waals surface area contributed by atoms with Crippen molar-refractivity contribution < 1.29 is 9.53 Å². The average Bonchev–Trinajstić information content (AvgIpc) is 2.17. The molecule has 0 aromatic rings. The number of likely N-dealkylation sites (N-methyl/N-ethyl adjacent to an activating group) is 1. The maximum absolute atomic E-state index is 10.4. The molecular weight excluding hydrogens is 180 g/mol. The van der Waals surface area contributed by atoms with Gasteiger partial charge in [0.1, 0.15) is 6.61 Å². The highest BCUT2D eigenvalue weighted by molar-refractivity contribution is 5.81. The van der Waals surface area contributed by atoms with E-state index in [9.17, 15) is 4.79 Å². The summed E-state index contributed by atoms with van der Waals surface area (Å²) in [5, 5.41) is 7.51. The minimum atomic E-state index is -0.359. The van der Waals surface area contributed by atoms with E-state index in [4.69, 9.17) is 10.00 Å². The van der Waals surface area contributed by atoms with Gasteiger partial charge in [0.15, 0.2) is 0 Å². The summed E-state index contributed by atoms with van der Waals surface area (Å²) < 4.78 is 4.70. The number of rotatable bonds is 4. The highest BCUT2D eigenvalue weighted by Gasteiger charge is 1.94. The molecule has 0 aromatic heterocycles. The lowest BCUT2D eigenvalue weighted by Gasteiger charge is -2.07. The first kappa shape index (κ1) is 14.9. The Morgan fingerprint density at radius 2 is 2.07 bits per heavy atom. The van der Waals surface area contributed by atoms with Gasteiger partial charge in [-0.2, -0.15) is 5.26 Å². The van der Waals surface area contributed by atoms with Crippen LogP contribution in [0.4, 0.5) is 0 Å². The summed E-state index contributed by atoms with van der Waals surface area (Å²) >= 11 is 0. The summed E-state index contributed by atoms with van der Waals surface area (Å²) in [6.07, 6.45) is 2.34. The highest BCUT2D eigenvalue weighted by Crippen LogP contribution is 1.80. The number of nitriles is 1. The van der Waals surface area contributed by atoms with Crippen molar-refractivity contribution >= 4 is 5.97 Å². The number of carbonyl (C=O) groups is 1. The molecule has 14 heavy (non-hydrogen) atoms. The largest absolute Gasteiger partial charge is 0.461 e. The number of hydrogen-bond acceptors (Lipinski definition) is 4. The first-order valence-electron chi connectivity index (χ1n) is 4.03. The molecular formula is C10H16N2O2. The molecule has 0 saturated heterocycles. The van der Waals surface area contributed by atoms with Gasteiger partial charge in [-0.1, -0.05) is 13.2 Å². The average molecular weight is 196 g/mol. The second-order valence-electron chi connectivity index (χ2n) is 2.51. The van der Waals surface area contributed by atoms with Crippen molar-refractivity contribution in [2.45, 2.75) is 0 Å². The van der Waals surface area contributed by atoms with Gasteiger partial charge in [-0.3, -0.25) is 0 Å². The van der Waals surface area contributed by atoms with Gasteiger partial charge < -0.3 is 9.64 Å². The minimum Gasteiger partial charge on any atom is -0.461 e. The SMILES string of the molecule is C=CC#N.C=CC(=O)OCCN(C)C. The van der Waals surface area contributed by atoms with Crippen molar-refractivity contribution in [3.63, 3.8) is 0 Å². The number of ether oxygens (including phenoxy) is 1. The third kappa shape index (κ3) is 16.8. The van der Waals surface area contributed by atoms with Crippen LogP contribution in [-0.2, 0) is 9.53 Å². The number of esters is 1. The zero-order valence-corrected chi connectivity index (χ0v) is 8.69. The van der Waals surface area contributed by atoms with Gasteiger partial charge in [0.05, 0.1) is 6.07 Å². The molecule has 0 saturated carbocycles. The Balaban J connectivity index is 0. The van der Waals surface area contributed by atoms with Crippen LogP contribution in [0, 0.1) is 11.3 Å². The lowest BCUT2D eigenvalue weighted by Crippen LogP contribution is -2.19. The van der Waals surface area contributed by atoms with Gasteiger partial charge in [-0.05, 0) is 14.1 Å². The first-order chi connectivity index (χ1) is 6.58. The molecule has 0 aliphatic rings. The molecule has 0 atom stereocenters. The van der Waals surface area contributed by atoms with Crippen LogP contribution in [-0.4, -0.2) is 38.1 Å². The number of allylic oxidation sites excluding steroid dienone is 1. The number of nitrogens with zero attached hydrogens (tertiary/aromatic N) is 2. The van der Waals surface area contributed by atoms with E-state index in [1.54, 1.807) is 6.07 Å². The predicted octanol–water partition coefficient (Wildman–Crippen LogP) is 0.973. The number of hydrogen-bond donors (Lipinski definition) is 0. The van der Waals surface area contributed by atoms with E-state index in [1.165, 1.54) is 6.08 Å². The van der Waals surface area contributed by atoms with Crippen LogP contribution in [0.3, 0.4) is 0 Å². The van der Waals surface area contributed by atoms with E-state index < -0.39 is 0 Å². The van der Waals surface area contributed by atoms with E-state index in [1.807, 2.05) is 19.0 Å². The zero-order chi connectivity index (χ0) is 11.4. The smallest absolute Gasteiger partial charge is 0.330 e. The maximum Gasteiger partial charge on any atom is 0.330 e. The Morgan fingerprint density at radius 1 is 1.57 bits per heavy atom. The van der Waals surface area contributed by atoms with Crippen LogP contribution < -0.4 is 0 Å². The van der Waals surface area contributed by atoms with Crippen LogP contribution in [0.2, 0.25) is 0 Å². The third-order valence-electron chi connectivity index (χ3n) is 1.04. The molecule has 0 aromatic carbocycles. The molecule has 0 radical (unpaired) electrons. The quantitative estimate of drug-likeness (QED) is 0.382. The van der Waals surface area contributed by atoms with E-state index >= 15 is 0 Å². The van der Waals surface area contributed by atoms with E-state index in [2.05, 4.69) is 13.2 Å². The van der Waals surface area contributed by atoms with Crippen LogP contribution in [0.15, 0.2) is 25.3 Å². The van der Waals surface area contributed by atoms with Gasteiger partial charge in [-0.15, -0.1) is 0 Å². The van der Waals surface area contributed by atoms with Crippen molar-refractivity contribution in [2.75, 3.05) is 27.2 Å².